The molecule has 0 rings (SSSR count). The van der Waals surface area contributed by atoms with E-state index in [0.29, 0.717) is 0 Å². The van der Waals surface area contributed by atoms with Crippen molar-refractivity contribution in [2.24, 2.45) is 5.92 Å². The van der Waals surface area contributed by atoms with Crippen LogP contribution in [0.25, 0.3) is 0 Å². The molecule has 0 bridgehead atoms. The van der Waals surface area contributed by atoms with Crippen molar-refractivity contribution in [3.05, 3.63) is 12.7 Å². The van der Waals surface area contributed by atoms with E-state index >= 15 is 0 Å². The molecule has 2 N–H and O–H groups in total. The molecule has 0 saturated heterocycles. The van der Waals surface area contributed by atoms with Crippen LogP contribution in [0.4, 0.5) is 0 Å². The van der Waals surface area contributed by atoms with Crippen molar-refractivity contribution in [1.29, 1.82) is 0 Å². The van der Waals surface area contributed by atoms with Crippen molar-refractivity contribution in [2.45, 2.75) is 18.6 Å². The molecule has 86 valence electrons. The fraction of sp³-hybridized carbons (Fsp3) is 0.636. The third-order valence-electron chi connectivity index (χ3n) is 2.06. The van der Waals surface area contributed by atoms with Crippen LogP contribution < -0.4 is 0 Å². The maximum Gasteiger partial charge on any atom is 0.147 e. The number of hydrogen-bond acceptors (Lipinski definition) is 4. The summed E-state index contributed by atoms with van der Waals surface area (Å²) in [6.45, 7) is 3.43. The van der Waals surface area contributed by atoms with Crippen LogP contribution in [0.3, 0.4) is 0 Å². The Labute approximate surface area is 90.5 Å². The fourth-order valence-electron chi connectivity index (χ4n) is 1.23. The molecule has 0 unspecified atom stereocenters. The molecule has 0 aromatic rings. The molecule has 0 amide bonds. The van der Waals surface area contributed by atoms with Gasteiger partial charge in [0.15, 0.2) is 0 Å². The van der Waals surface area contributed by atoms with Gasteiger partial charge in [-0.1, -0.05) is 6.08 Å². The van der Waals surface area contributed by atoms with Crippen LogP contribution >= 0.6 is 0 Å². The molecule has 0 spiro atoms. The summed E-state index contributed by atoms with van der Waals surface area (Å²) in [5.74, 6) is 1.86. The van der Waals surface area contributed by atoms with E-state index in [9.17, 15) is 5.11 Å². The van der Waals surface area contributed by atoms with Gasteiger partial charge < -0.3 is 19.7 Å². The van der Waals surface area contributed by atoms with Crippen molar-refractivity contribution in [3.8, 4) is 12.3 Å². The summed E-state index contributed by atoms with van der Waals surface area (Å²) in [4.78, 5) is 0. The van der Waals surface area contributed by atoms with Gasteiger partial charge >= 0.3 is 0 Å². The maximum absolute atomic E-state index is 9.64. The third-order valence-corrected chi connectivity index (χ3v) is 2.06. The Morgan fingerprint density at radius 2 is 2.27 bits per heavy atom. The van der Waals surface area contributed by atoms with Gasteiger partial charge in [0.25, 0.3) is 0 Å². The van der Waals surface area contributed by atoms with E-state index in [1.165, 1.54) is 13.2 Å². The highest BCUT2D eigenvalue weighted by Crippen LogP contribution is 2.16. The van der Waals surface area contributed by atoms with Crippen molar-refractivity contribution in [1.82, 2.24) is 0 Å². The summed E-state index contributed by atoms with van der Waals surface area (Å²) in [5.41, 5.74) is 0. The van der Waals surface area contributed by atoms with Gasteiger partial charge in [-0.3, -0.25) is 0 Å². The Kier molecular flexibility index (Phi) is 7.96. The van der Waals surface area contributed by atoms with Gasteiger partial charge in [0.1, 0.15) is 6.79 Å². The first-order chi connectivity index (χ1) is 7.21. The first kappa shape index (κ1) is 14.1. The van der Waals surface area contributed by atoms with E-state index in [0.717, 1.165) is 0 Å². The Balaban J connectivity index is 4.32. The molecule has 3 atom stereocenters. The summed E-state index contributed by atoms with van der Waals surface area (Å²) in [6.07, 6.45) is 5.49. The largest absolute Gasteiger partial charge is 0.396 e. The Morgan fingerprint density at radius 1 is 1.60 bits per heavy atom. The van der Waals surface area contributed by atoms with E-state index < -0.39 is 18.1 Å². The molecule has 0 radical (unpaired) electrons. The molecule has 15 heavy (non-hydrogen) atoms. The lowest BCUT2D eigenvalue weighted by molar-refractivity contribution is -0.0992. The molecule has 0 heterocycles. The highest BCUT2D eigenvalue weighted by atomic mass is 16.7. The van der Waals surface area contributed by atoms with Gasteiger partial charge in [0, 0.05) is 19.4 Å². The number of terminal acetylenes is 1. The average molecular weight is 214 g/mol. The van der Waals surface area contributed by atoms with Gasteiger partial charge in [0.2, 0.25) is 0 Å². The number of hydrogen-bond donors (Lipinski definition) is 2. The summed E-state index contributed by atoms with van der Waals surface area (Å²) in [6, 6.07) is 0. The second-order valence-corrected chi connectivity index (χ2v) is 3.10. The minimum Gasteiger partial charge on any atom is -0.396 e. The Bertz CT molecular complexity index is 209. The molecule has 0 aliphatic rings. The van der Waals surface area contributed by atoms with Crippen LogP contribution in [-0.2, 0) is 9.47 Å². The van der Waals surface area contributed by atoms with Crippen molar-refractivity contribution in [3.63, 3.8) is 0 Å². The van der Waals surface area contributed by atoms with Crippen molar-refractivity contribution >= 4 is 0 Å². The molecule has 4 heteroatoms. The molecular formula is C11H18O4. The van der Waals surface area contributed by atoms with E-state index in [1.54, 1.807) is 0 Å². The van der Waals surface area contributed by atoms with Crippen LogP contribution in [-0.4, -0.2) is 42.9 Å². The molecular weight excluding hydrogens is 196 g/mol. The van der Waals surface area contributed by atoms with Crippen molar-refractivity contribution in [2.75, 3.05) is 20.5 Å². The third kappa shape index (κ3) is 4.96. The normalized spacial score (nSPS) is 16.4. The van der Waals surface area contributed by atoms with Gasteiger partial charge in [-0.15, -0.1) is 18.9 Å². The van der Waals surface area contributed by atoms with Crippen LogP contribution in [0, 0.1) is 18.3 Å². The van der Waals surface area contributed by atoms with Gasteiger partial charge in [0.05, 0.1) is 18.8 Å². The second-order valence-electron chi connectivity index (χ2n) is 3.10. The molecule has 0 fully saturated rings. The predicted octanol–water partition coefficient (Wildman–Crippen LogP) is 0.154. The Hall–Kier alpha value is -0.860. The lowest BCUT2D eigenvalue weighted by Crippen LogP contribution is -2.35. The molecule has 0 aliphatic carbocycles. The van der Waals surface area contributed by atoms with E-state index in [4.69, 9.17) is 21.0 Å². The predicted molar refractivity (Wildman–Crippen MR) is 57.0 cm³/mol. The van der Waals surface area contributed by atoms with E-state index in [1.807, 2.05) is 0 Å². The summed E-state index contributed by atoms with van der Waals surface area (Å²) in [5, 5.41) is 18.8. The number of methoxy groups -OCH3 is 1. The minimum absolute atomic E-state index is 0.0793. The lowest BCUT2D eigenvalue weighted by atomic mass is 9.94. The lowest BCUT2D eigenvalue weighted by Gasteiger charge is -2.26. The summed E-state index contributed by atoms with van der Waals surface area (Å²) in [7, 11) is 1.49. The smallest absolute Gasteiger partial charge is 0.147 e. The highest BCUT2D eigenvalue weighted by molar-refractivity contribution is 4.95. The molecule has 0 aliphatic heterocycles. The zero-order valence-electron chi connectivity index (χ0n) is 8.93. The highest BCUT2D eigenvalue weighted by Gasteiger charge is 2.25. The quantitative estimate of drug-likeness (QED) is 0.343. The topological polar surface area (TPSA) is 58.9 Å². The SMILES string of the molecule is C#CC[C@@H](O)[C@@H](CO)[C@H](C=C)OCOC. The number of ether oxygens (including phenoxy) is 2. The number of aliphatic hydroxyl groups excluding tert-OH is 2. The Morgan fingerprint density at radius 3 is 2.67 bits per heavy atom. The van der Waals surface area contributed by atoms with E-state index in [2.05, 4.69) is 12.5 Å². The minimum atomic E-state index is -0.806. The maximum atomic E-state index is 9.64. The zero-order valence-corrected chi connectivity index (χ0v) is 8.93. The molecule has 4 nitrogen and oxygen atoms in total. The summed E-state index contributed by atoms with van der Waals surface area (Å²) >= 11 is 0. The molecule has 0 saturated carbocycles. The zero-order chi connectivity index (χ0) is 11.7. The van der Waals surface area contributed by atoms with Crippen LogP contribution in [0.5, 0.6) is 0 Å². The van der Waals surface area contributed by atoms with Gasteiger partial charge in [-0.25, -0.2) is 0 Å². The van der Waals surface area contributed by atoms with Crippen LogP contribution in [0.2, 0.25) is 0 Å². The summed E-state index contributed by atoms with van der Waals surface area (Å²) < 4.78 is 9.97. The van der Waals surface area contributed by atoms with Crippen LogP contribution in [0.1, 0.15) is 6.42 Å². The van der Waals surface area contributed by atoms with Crippen LogP contribution in [0.15, 0.2) is 12.7 Å². The number of aliphatic hydroxyl groups is 2. The standard InChI is InChI=1S/C11H18O4/c1-4-6-10(13)9(7-12)11(5-2)15-8-14-3/h1,5,9-13H,2,6-8H2,3H3/t9-,10-,11+/m1/s1. The fourth-order valence-corrected chi connectivity index (χ4v) is 1.23. The van der Waals surface area contributed by atoms with Crippen molar-refractivity contribution < 1.29 is 19.7 Å². The molecule has 0 aromatic heterocycles. The van der Waals surface area contributed by atoms with Gasteiger partial charge in [-0.2, -0.15) is 0 Å². The number of rotatable bonds is 8. The monoisotopic (exact) mass is 214 g/mol. The van der Waals surface area contributed by atoms with Gasteiger partial charge in [-0.05, 0) is 0 Å². The second kappa shape index (κ2) is 8.45. The molecule has 0 aromatic carbocycles. The first-order valence-corrected chi connectivity index (χ1v) is 4.66. The van der Waals surface area contributed by atoms with E-state index in [-0.39, 0.29) is 19.8 Å². The average Bonchev–Trinajstić information content (AvgIpc) is 2.24. The first-order valence-electron chi connectivity index (χ1n) is 4.66.